The third-order valence-corrected chi connectivity index (χ3v) is 6.69. The van der Waals surface area contributed by atoms with Gasteiger partial charge in [-0.15, -0.1) is 0 Å². The Bertz CT molecular complexity index is 1380. The summed E-state index contributed by atoms with van der Waals surface area (Å²) in [5.41, 5.74) is 10.5. The first-order valence-corrected chi connectivity index (χ1v) is 11.4. The van der Waals surface area contributed by atoms with Crippen molar-refractivity contribution in [1.29, 1.82) is 0 Å². The zero-order valence-electron chi connectivity index (χ0n) is 18.8. The van der Waals surface area contributed by atoms with Crippen LogP contribution in [0, 0.1) is 12.7 Å². The molecule has 1 atom stereocenters. The predicted octanol–water partition coefficient (Wildman–Crippen LogP) is 2.89. The van der Waals surface area contributed by atoms with Crippen LogP contribution in [0.1, 0.15) is 17.8 Å². The van der Waals surface area contributed by atoms with Crippen molar-refractivity contribution in [2.45, 2.75) is 32.5 Å². The van der Waals surface area contributed by atoms with Gasteiger partial charge in [-0.05, 0) is 43.7 Å². The number of benzene rings is 1. The molecule has 3 aromatic heterocycles. The SMILES string of the molecule is Cc1ccnc(Oc2ccc(-c3c4n(c5ncnc(N)c35)CCN(C3CCNC3)C4)cc2F)n1. The first kappa shape index (κ1) is 20.9. The van der Waals surface area contributed by atoms with Gasteiger partial charge in [-0.3, -0.25) is 4.90 Å². The number of hydrogen-bond donors (Lipinski definition) is 2. The molecule has 5 heterocycles. The van der Waals surface area contributed by atoms with Gasteiger partial charge in [-0.25, -0.2) is 24.3 Å². The molecule has 3 N–H and O–H groups in total. The highest BCUT2D eigenvalue weighted by atomic mass is 19.1. The predicted molar refractivity (Wildman–Crippen MR) is 126 cm³/mol. The Morgan fingerprint density at radius 3 is 2.88 bits per heavy atom. The van der Waals surface area contributed by atoms with Crippen molar-refractivity contribution in [3.05, 3.63) is 54.0 Å². The highest BCUT2D eigenvalue weighted by Crippen LogP contribution is 2.40. The fraction of sp³-hybridized carbons (Fsp3) is 0.333. The van der Waals surface area contributed by atoms with Crippen LogP contribution in [0.25, 0.3) is 22.2 Å². The lowest BCUT2D eigenvalue weighted by molar-refractivity contribution is 0.167. The molecule has 174 valence electrons. The van der Waals surface area contributed by atoms with Crippen LogP contribution in [0.15, 0.2) is 36.8 Å². The smallest absolute Gasteiger partial charge is 0.322 e. The molecule has 0 radical (unpaired) electrons. The Morgan fingerprint density at radius 1 is 1.18 bits per heavy atom. The molecule has 0 amide bonds. The molecule has 2 aliphatic heterocycles. The number of nitrogens with zero attached hydrogens (tertiary/aromatic N) is 6. The van der Waals surface area contributed by atoms with E-state index in [2.05, 4.69) is 34.7 Å². The number of rotatable bonds is 4. The normalized spacial score (nSPS) is 18.4. The summed E-state index contributed by atoms with van der Waals surface area (Å²) in [6.07, 6.45) is 4.19. The first-order valence-electron chi connectivity index (χ1n) is 11.4. The van der Waals surface area contributed by atoms with Crippen LogP contribution < -0.4 is 15.8 Å². The van der Waals surface area contributed by atoms with Crippen LogP contribution in [0.3, 0.4) is 0 Å². The summed E-state index contributed by atoms with van der Waals surface area (Å²) in [5.74, 6) is -0.0433. The first-order chi connectivity index (χ1) is 16.6. The molecule has 10 heteroatoms. The molecule has 0 bridgehead atoms. The number of aromatic nitrogens is 5. The van der Waals surface area contributed by atoms with E-state index in [0.29, 0.717) is 17.4 Å². The molecule has 1 fully saturated rings. The molecule has 34 heavy (non-hydrogen) atoms. The molecule has 1 unspecified atom stereocenters. The van der Waals surface area contributed by atoms with Gasteiger partial charge >= 0.3 is 6.01 Å². The highest BCUT2D eigenvalue weighted by Gasteiger charge is 2.31. The molecule has 1 saturated heterocycles. The maximum Gasteiger partial charge on any atom is 0.322 e. The lowest BCUT2D eigenvalue weighted by Crippen LogP contribution is -2.42. The maximum atomic E-state index is 15.2. The van der Waals surface area contributed by atoms with Gasteiger partial charge in [0.1, 0.15) is 17.8 Å². The van der Waals surface area contributed by atoms with Crippen molar-refractivity contribution in [3.63, 3.8) is 0 Å². The van der Waals surface area contributed by atoms with E-state index in [-0.39, 0.29) is 11.8 Å². The fourth-order valence-electron chi connectivity index (χ4n) is 5.03. The molecular formula is C24H25FN8O. The third kappa shape index (κ3) is 3.55. The Balaban J connectivity index is 1.43. The zero-order chi connectivity index (χ0) is 23.2. The molecule has 9 nitrogen and oxygen atoms in total. The minimum absolute atomic E-state index is 0.0645. The average molecular weight is 461 g/mol. The van der Waals surface area contributed by atoms with Crippen molar-refractivity contribution in [3.8, 4) is 22.9 Å². The van der Waals surface area contributed by atoms with E-state index in [9.17, 15) is 0 Å². The second-order valence-electron chi connectivity index (χ2n) is 8.78. The van der Waals surface area contributed by atoms with E-state index in [4.69, 9.17) is 10.5 Å². The van der Waals surface area contributed by atoms with Gasteiger partial charge in [0.2, 0.25) is 0 Å². The second kappa shape index (κ2) is 8.30. The lowest BCUT2D eigenvalue weighted by Gasteiger charge is -2.33. The number of aryl methyl sites for hydroxylation is 1. The van der Waals surface area contributed by atoms with E-state index in [1.807, 2.05) is 13.0 Å². The number of anilines is 1. The Labute approximate surface area is 195 Å². The summed E-state index contributed by atoms with van der Waals surface area (Å²) in [6, 6.07) is 7.27. The van der Waals surface area contributed by atoms with Gasteiger partial charge in [0.15, 0.2) is 11.6 Å². The Morgan fingerprint density at radius 2 is 2.09 bits per heavy atom. The largest absolute Gasteiger partial charge is 0.421 e. The molecule has 4 aromatic rings. The number of ether oxygens (including phenoxy) is 1. The molecular weight excluding hydrogens is 435 g/mol. The van der Waals surface area contributed by atoms with E-state index >= 15 is 4.39 Å². The number of nitrogens with one attached hydrogen (secondary N) is 1. The van der Waals surface area contributed by atoms with E-state index in [1.54, 1.807) is 18.3 Å². The molecule has 6 rings (SSSR count). The summed E-state index contributed by atoms with van der Waals surface area (Å²) in [5, 5.41) is 4.21. The lowest BCUT2D eigenvalue weighted by atomic mass is 10.0. The van der Waals surface area contributed by atoms with Gasteiger partial charge in [0, 0.05) is 55.4 Å². The van der Waals surface area contributed by atoms with Crippen LogP contribution in [-0.2, 0) is 13.1 Å². The summed E-state index contributed by atoms with van der Waals surface area (Å²) in [7, 11) is 0. The summed E-state index contributed by atoms with van der Waals surface area (Å²) in [4.78, 5) is 19.5. The van der Waals surface area contributed by atoms with Crippen LogP contribution >= 0.6 is 0 Å². The van der Waals surface area contributed by atoms with Crippen LogP contribution in [0.2, 0.25) is 0 Å². The number of hydrogen-bond acceptors (Lipinski definition) is 8. The van der Waals surface area contributed by atoms with E-state index in [1.165, 1.54) is 12.4 Å². The average Bonchev–Trinajstić information content (AvgIpc) is 3.47. The number of halogens is 1. The maximum absolute atomic E-state index is 15.2. The Hall–Kier alpha value is -3.63. The van der Waals surface area contributed by atoms with Crippen LogP contribution in [0.5, 0.6) is 11.8 Å². The number of nitrogens with two attached hydrogens (primary N) is 1. The van der Waals surface area contributed by atoms with Gasteiger partial charge in [0.05, 0.1) is 5.39 Å². The van der Waals surface area contributed by atoms with Crippen molar-refractivity contribution in [2.24, 2.45) is 0 Å². The van der Waals surface area contributed by atoms with Crippen molar-refractivity contribution < 1.29 is 9.13 Å². The Kier molecular flexibility index (Phi) is 5.11. The van der Waals surface area contributed by atoms with Crippen molar-refractivity contribution in [1.82, 2.24) is 34.7 Å². The summed E-state index contributed by atoms with van der Waals surface area (Å²) >= 11 is 0. The van der Waals surface area contributed by atoms with Gasteiger partial charge < -0.3 is 20.4 Å². The summed E-state index contributed by atoms with van der Waals surface area (Å²) in [6.45, 7) is 6.32. The van der Waals surface area contributed by atoms with E-state index in [0.717, 1.165) is 67.1 Å². The van der Waals surface area contributed by atoms with Crippen LogP contribution in [0.4, 0.5) is 10.2 Å². The topological polar surface area (TPSA) is 107 Å². The van der Waals surface area contributed by atoms with Gasteiger partial charge in [-0.2, -0.15) is 0 Å². The monoisotopic (exact) mass is 460 g/mol. The molecule has 1 aromatic carbocycles. The molecule has 0 spiro atoms. The number of fused-ring (bicyclic) bond motifs is 3. The van der Waals surface area contributed by atoms with Crippen molar-refractivity contribution in [2.75, 3.05) is 25.4 Å². The highest BCUT2D eigenvalue weighted by molar-refractivity contribution is 6.02. The van der Waals surface area contributed by atoms with Crippen molar-refractivity contribution >= 4 is 16.9 Å². The van der Waals surface area contributed by atoms with E-state index < -0.39 is 5.82 Å². The fourth-order valence-corrected chi connectivity index (χ4v) is 5.03. The van der Waals surface area contributed by atoms with Crippen LogP contribution in [-0.4, -0.2) is 55.1 Å². The minimum atomic E-state index is -0.501. The number of nitrogen functional groups attached to an aromatic ring is 1. The second-order valence-corrected chi connectivity index (χ2v) is 8.78. The van der Waals surface area contributed by atoms with Gasteiger partial charge in [0.25, 0.3) is 0 Å². The third-order valence-electron chi connectivity index (χ3n) is 6.69. The summed E-state index contributed by atoms with van der Waals surface area (Å²) < 4.78 is 23.0. The molecule has 0 aliphatic carbocycles. The zero-order valence-corrected chi connectivity index (χ0v) is 18.8. The quantitative estimate of drug-likeness (QED) is 0.479. The molecule has 0 saturated carbocycles. The standard InChI is InChI=1S/C24H25FN8O/c1-14-4-7-28-24(31-14)34-19-3-2-15(10-17(19)25)20-18-12-32(16-5-6-27-11-16)8-9-33(18)23-21(20)22(26)29-13-30-23/h2-4,7,10,13,16,27H,5-6,8-9,11-12H2,1H3,(H2,26,29,30). The molecule has 2 aliphatic rings. The van der Waals surface area contributed by atoms with Gasteiger partial charge in [-0.1, -0.05) is 6.07 Å². The minimum Gasteiger partial charge on any atom is -0.421 e.